The first-order valence-corrected chi connectivity index (χ1v) is 9.63. The highest BCUT2D eigenvalue weighted by Crippen LogP contribution is 2.38. The Hall–Kier alpha value is -2.60. The first-order valence-electron chi connectivity index (χ1n) is 9.63. The normalized spacial score (nSPS) is 21.5. The van der Waals surface area contributed by atoms with E-state index >= 15 is 0 Å². The maximum absolute atomic E-state index is 13.3. The molecule has 2 N–H and O–H groups in total. The molecule has 0 fully saturated rings. The van der Waals surface area contributed by atoms with E-state index in [-0.39, 0.29) is 40.3 Å². The fourth-order valence-corrected chi connectivity index (χ4v) is 3.87. The van der Waals surface area contributed by atoms with Gasteiger partial charge in [-0.2, -0.15) is 0 Å². The summed E-state index contributed by atoms with van der Waals surface area (Å²) in [6, 6.07) is 4.97. The van der Waals surface area contributed by atoms with Gasteiger partial charge in [0.25, 0.3) is 5.78 Å². The van der Waals surface area contributed by atoms with Gasteiger partial charge in [-0.25, -0.2) is 0 Å². The number of Topliss-reactive ketones (excluding diaryl/α,β-unsaturated/α-hetero) is 2. The molecule has 28 heavy (non-hydrogen) atoms. The molecule has 0 amide bonds. The summed E-state index contributed by atoms with van der Waals surface area (Å²) in [7, 11) is 2.69. The molecular formula is C22H26O6. The van der Waals surface area contributed by atoms with Gasteiger partial charge in [0.1, 0.15) is 5.75 Å². The van der Waals surface area contributed by atoms with Crippen LogP contribution in [0.2, 0.25) is 0 Å². The second kappa shape index (κ2) is 8.61. The van der Waals surface area contributed by atoms with E-state index in [1.807, 2.05) is 0 Å². The van der Waals surface area contributed by atoms with Gasteiger partial charge in [-0.3, -0.25) is 9.59 Å². The lowest BCUT2D eigenvalue weighted by Gasteiger charge is -2.23. The minimum Gasteiger partial charge on any atom is -0.507 e. The van der Waals surface area contributed by atoms with E-state index < -0.39 is 5.78 Å². The van der Waals surface area contributed by atoms with Crippen molar-refractivity contribution < 1.29 is 29.3 Å². The standard InChI is InChI=1S/C22H26O6/c1-27-21-15-7-5-3-4-6-14(23)10-8-13-9-11-17(24)16(12-13)18(19(15)25)22(28-2)20(21)26/h9,11-12,14,23-24H,3-8,10H2,1-2H3/t14-/m1/s1. The summed E-state index contributed by atoms with van der Waals surface area (Å²) in [5, 5.41) is 20.6. The largest absolute Gasteiger partial charge is 0.507 e. The molecule has 6 nitrogen and oxygen atoms in total. The summed E-state index contributed by atoms with van der Waals surface area (Å²) in [6.45, 7) is 0. The Morgan fingerprint density at radius 3 is 2.39 bits per heavy atom. The molecule has 0 saturated carbocycles. The van der Waals surface area contributed by atoms with Crippen LogP contribution in [-0.4, -0.2) is 42.1 Å². The Balaban J connectivity index is 2.17. The number of allylic oxidation sites excluding steroid dienone is 2. The van der Waals surface area contributed by atoms with Crippen LogP contribution in [0.5, 0.6) is 5.75 Å². The Bertz CT molecular complexity index is 849. The summed E-state index contributed by atoms with van der Waals surface area (Å²) in [5.74, 6) is -1.04. The number of benzene rings is 1. The van der Waals surface area contributed by atoms with Crippen LogP contribution >= 0.6 is 0 Å². The minimum absolute atomic E-state index is 0.00775. The molecule has 6 heteroatoms. The number of fused-ring (bicyclic) bond motifs is 5. The van der Waals surface area contributed by atoms with Crippen molar-refractivity contribution in [2.75, 3.05) is 14.2 Å². The molecule has 0 radical (unpaired) electrons. The minimum atomic E-state index is -0.484. The van der Waals surface area contributed by atoms with Crippen molar-refractivity contribution in [2.45, 2.75) is 51.0 Å². The zero-order valence-electron chi connectivity index (χ0n) is 16.3. The fraction of sp³-hybridized carbons (Fsp3) is 0.455. The zero-order valence-corrected chi connectivity index (χ0v) is 16.3. The van der Waals surface area contributed by atoms with Crippen molar-refractivity contribution in [1.82, 2.24) is 0 Å². The Kier molecular flexibility index (Phi) is 6.19. The molecule has 4 bridgehead atoms. The van der Waals surface area contributed by atoms with Crippen LogP contribution in [0.3, 0.4) is 0 Å². The van der Waals surface area contributed by atoms with E-state index in [4.69, 9.17) is 9.47 Å². The molecule has 1 aromatic rings. The average Bonchev–Trinajstić information content (AvgIpc) is 2.68. The van der Waals surface area contributed by atoms with Gasteiger partial charge in [-0.15, -0.1) is 0 Å². The van der Waals surface area contributed by atoms with Crippen LogP contribution in [0.1, 0.15) is 49.7 Å². The van der Waals surface area contributed by atoms with Gasteiger partial charge < -0.3 is 19.7 Å². The third kappa shape index (κ3) is 3.83. The lowest BCUT2D eigenvalue weighted by molar-refractivity contribution is -0.120. The maximum Gasteiger partial charge on any atom is 0.263 e. The van der Waals surface area contributed by atoms with Crippen LogP contribution in [0.4, 0.5) is 0 Å². The highest BCUT2D eigenvalue weighted by atomic mass is 16.5. The van der Waals surface area contributed by atoms with E-state index in [2.05, 4.69) is 0 Å². The molecule has 0 unspecified atom stereocenters. The van der Waals surface area contributed by atoms with Gasteiger partial charge in [-0.1, -0.05) is 18.9 Å². The monoisotopic (exact) mass is 386 g/mol. The number of methoxy groups -OCH3 is 2. The number of carbonyl (C=O) groups excluding carboxylic acids is 2. The Morgan fingerprint density at radius 1 is 0.929 bits per heavy atom. The van der Waals surface area contributed by atoms with E-state index in [1.54, 1.807) is 12.1 Å². The second-order valence-electron chi connectivity index (χ2n) is 7.22. The SMILES string of the molecule is COC1=C2CCCCC[C@@H](O)CCc3ccc(O)c(c3)C(=C(OC)C1=O)C2=O. The predicted octanol–water partition coefficient (Wildman–Crippen LogP) is 3.06. The number of ether oxygens (including phenoxy) is 2. The number of aromatic hydroxyl groups is 1. The van der Waals surface area contributed by atoms with Crippen molar-refractivity contribution in [3.8, 4) is 5.75 Å². The average molecular weight is 386 g/mol. The molecule has 2 aliphatic carbocycles. The molecule has 0 heterocycles. The van der Waals surface area contributed by atoms with Crippen LogP contribution < -0.4 is 0 Å². The van der Waals surface area contributed by atoms with Gasteiger partial charge in [0.05, 0.1) is 25.9 Å². The van der Waals surface area contributed by atoms with Crippen LogP contribution in [-0.2, 0) is 25.5 Å². The summed E-state index contributed by atoms with van der Waals surface area (Å²) >= 11 is 0. The smallest absolute Gasteiger partial charge is 0.263 e. The molecular weight excluding hydrogens is 360 g/mol. The van der Waals surface area contributed by atoms with Crippen molar-refractivity contribution in [2.24, 2.45) is 0 Å². The quantitative estimate of drug-likeness (QED) is 0.759. The third-order valence-corrected chi connectivity index (χ3v) is 5.38. The number of aliphatic hydroxyl groups is 1. The number of aliphatic hydroxyl groups excluding tert-OH is 1. The molecule has 150 valence electrons. The summed E-state index contributed by atoms with van der Waals surface area (Å²) in [5.41, 5.74) is 1.52. The van der Waals surface area contributed by atoms with E-state index in [0.29, 0.717) is 37.7 Å². The number of ketones is 2. The molecule has 0 spiro atoms. The van der Waals surface area contributed by atoms with E-state index in [0.717, 1.165) is 18.4 Å². The Labute approximate surface area is 164 Å². The number of phenols is 1. The molecule has 0 aromatic heterocycles. The summed E-state index contributed by atoms with van der Waals surface area (Å²) < 4.78 is 10.5. The molecule has 1 aromatic carbocycles. The number of rotatable bonds is 2. The Morgan fingerprint density at radius 2 is 1.68 bits per heavy atom. The topological polar surface area (TPSA) is 93.1 Å². The molecule has 1 atom stereocenters. The first kappa shape index (κ1) is 20.1. The van der Waals surface area contributed by atoms with Crippen molar-refractivity contribution in [1.29, 1.82) is 0 Å². The highest BCUT2D eigenvalue weighted by Gasteiger charge is 2.38. The number of carbonyl (C=O) groups is 2. The molecule has 0 aliphatic heterocycles. The maximum atomic E-state index is 13.3. The second-order valence-corrected chi connectivity index (χ2v) is 7.22. The number of hydrogen-bond donors (Lipinski definition) is 2. The molecule has 3 rings (SSSR count). The van der Waals surface area contributed by atoms with Gasteiger partial charge in [0.2, 0.25) is 0 Å². The number of phenolic OH excluding ortho intramolecular Hbond substituents is 1. The summed E-state index contributed by atoms with van der Waals surface area (Å²) in [4.78, 5) is 26.2. The number of hydrogen-bond acceptors (Lipinski definition) is 6. The van der Waals surface area contributed by atoms with Crippen molar-refractivity contribution >= 4 is 17.1 Å². The summed E-state index contributed by atoms with van der Waals surface area (Å²) in [6.07, 6.45) is 4.32. The van der Waals surface area contributed by atoms with Crippen LogP contribution in [0.25, 0.3) is 5.57 Å². The lowest BCUT2D eigenvalue weighted by Crippen LogP contribution is -2.25. The third-order valence-electron chi connectivity index (χ3n) is 5.38. The number of aryl methyl sites for hydroxylation is 1. The fourth-order valence-electron chi connectivity index (χ4n) is 3.87. The van der Waals surface area contributed by atoms with Crippen molar-refractivity contribution in [3.63, 3.8) is 0 Å². The first-order chi connectivity index (χ1) is 13.5. The van der Waals surface area contributed by atoms with E-state index in [1.165, 1.54) is 20.3 Å². The lowest BCUT2D eigenvalue weighted by atomic mass is 9.84. The zero-order chi connectivity index (χ0) is 20.3. The van der Waals surface area contributed by atoms with E-state index in [9.17, 15) is 19.8 Å². The van der Waals surface area contributed by atoms with Gasteiger partial charge >= 0.3 is 0 Å². The van der Waals surface area contributed by atoms with Crippen molar-refractivity contribution in [3.05, 3.63) is 46.4 Å². The van der Waals surface area contributed by atoms with Gasteiger partial charge in [0, 0.05) is 11.1 Å². The molecule has 0 saturated heterocycles. The van der Waals surface area contributed by atoms with Crippen LogP contribution in [0, 0.1) is 0 Å². The highest BCUT2D eigenvalue weighted by molar-refractivity contribution is 6.38. The van der Waals surface area contributed by atoms with Gasteiger partial charge in [0.15, 0.2) is 17.3 Å². The van der Waals surface area contributed by atoms with Crippen LogP contribution in [0.15, 0.2) is 35.3 Å². The molecule has 2 aliphatic rings. The predicted molar refractivity (Wildman–Crippen MR) is 103 cm³/mol. The van der Waals surface area contributed by atoms with Gasteiger partial charge in [-0.05, 0) is 49.8 Å².